The molecule has 0 aromatic heterocycles. The molecule has 0 spiro atoms. The van der Waals surface area contributed by atoms with Crippen molar-refractivity contribution in [2.75, 3.05) is 33.1 Å². The lowest BCUT2D eigenvalue weighted by Gasteiger charge is -2.14. The molecule has 138 valence electrons. The Kier molecular flexibility index (Phi) is 6.46. The lowest BCUT2D eigenvalue weighted by molar-refractivity contribution is -0.118. The van der Waals surface area contributed by atoms with Crippen molar-refractivity contribution in [1.29, 1.82) is 0 Å². The molecule has 2 aromatic rings. The smallest absolute Gasteiger partial charge is 0.262 e. The Morgan fingerprint density at radius 2 is 1.85 bits per heavy atom. The van der Waals surface area contributed by atoms with Gasteiger partial charge in [-0.2, -0.15) is 0 Å². The second-order valence-electron chi connectivity index (χ2n) is 5.87. The summed E-state index contributed by atoms with van der Waals surface area (Å²) in [6, 6.07) is 10.1. The van der Waals surface area contributed by atoms with E-state index < -0.39 is 0 Å². The maximum atomic E-state index is 12.1. The number of amides is 2. The molecule has 0 aliphatic carbocycles. The minimum Gasteiger partial charge on any atom is -0.495 e. The van der Waals surface area contributed by atoms with Crippen molar-refractivity contribution in [3.8, 4) is 11.5 Å². The molecule has 1 N–H and O–H groups in total. The van der Waals surface area contributed by atoms with Gasteiger partial charge in [-0.3, -0.25) is 9.59 Å². The molecule has 0 radical (unpaired) electrons. The number of aryl methyl sites for hydroxylation is 1. The topological polar surface area (TPSA) is 67.9 Å². The molecule has 0 heterocycles. The fourth-order valence-corrected chi connectivity index (χ4v) is 2.49. The number of carbonyl (C=O) groups is 2. The van der Waals surface area contributed by atoms with E-state index in [1.54, 1.807) is 50.5 Å². The molecule has 0 unspecified atom stereocenters. The molecule has 0 saturated heterocycles. The minimum atomic E-state index is -0.338. The highest BCUT2D eigenvalue weighted by molar-refractivity contribution is 6.32. The maximum Gasteiger partial charge on any atom is 0.262 e. The van der Waals surface area contributed by atoms with Gasteiger partial charge in [0.1, 0.15) is 11.5 Å². The Morgan fingerprint density at radius 1 is 1.12 bits per heavy atom. The summed E-state index contributed by atoms with van der Waals surface area (Å²) in [5.41, 5.74) is 1.87. The predicted octanol–water partition coefficient (Wildman–Crippen LogP) is 3.38. The number of nitrogens with one attached hydrogen (secondary N) is 1. The van der Waals surface area contributed by atoms with E-state index in [9.17, 15) is 9.59 Å². The second kappa shape index (κ2) is 8.58. The molecular formula is C19H21ClN2O4. The number of halogens is 1. The Labute approximate surface area is 157 Å². The van der Waals surface area contributed by atoms with Crippen LogP contribution in [0.2, 0.25) is 5.02 Å². The average Bonchev–Trinajstić information content (AvgIpc) is 2.60. The zero-order valence-corrected chi connectivity index (χ0v) is 15.9. The predicted molar refractivity (Wildman–Crippen MR) is 101 cm³/mol. The number of carbonyl (C=O) groups excluding carboxylic acids is 2. The van der Waals surface area contributed by atoms with Gasteiger partial charge < -0.3 is 19.7 Å². The summed E-state index contributed by atoms with van der Waals surface area (Å²) in [5, 5.41) is 3.10. The molecular weight excluding hydrogens is 356 g/mol. The SMILES string of the molecule is COc1ccc(NC(=O)COc2cc(C(=O)N(C)C)ccc2C)cc1Cl. The van der Waals surface area contributed by atoms with Gasteiger partial charge in [0, 0.05) is 25.3 Å². The Morgan fingerprint density at radius 3 is 2.46 bits per heavy atom. The fraction of sp³-hybridized carbons (Fsp3) is 0.263. The van der Waals surface area contributed by atoms with Gasteiger partial charge in [0.25, 0.3) is 11.8 Å². The van der Waals surface area contributed by atoms with Gasteiger partial charge in [-0.05, 0) is 42.8 Å². The van der Waals surface area contributed by atoms with Crippen LogP contribution in [0.3, 0.4) is 0 Å². The number of hydrogen-bond donors (Lipinski definition) is 1. The van der Waals surface area contributed by atoms with E-state index in [1.807, 2.05) is 6.92 Å². The van der Waals surface area contributed by atoms with Crippen LogP contribution in [0.4, 0.5) is 5.69 Å². The van der Waals surface area contributed by atoms with E-state index in [2.05, 4.69) is 5.32 Å². The van der Waals surface area contributed by atoms with Crippen molar-refractivity contribution in [2.45, 2.75) is 6.92 Å². The van der Waals surface area contributed by atoms with Gasteiger partial charge in [0.15, 0.2) is 6.61 Å². The molecule has 0 aliphatic heterocycles. The summed E-state index contributed by atoms with van der Waals surface area (Å²) in [5.74, 6) is 0.543. The number of hydrogen-bond acceptors (Lipinski definition) is 4. The first-order valence-corrected chi connectivity index (χ1v) is 8.28. The fourth-order valence-electron chi connectivity index (χ4n) is 2.23. The molecule has 0 fully saturated rings. The summed E-state index contributed by atoms with van der Waals surface area (Å²) in [6.45, 7) is 1.66. The van der Waals surface area contributed by atoms with Crippen LogP contribution in [-0.2, 0) is 4.79 Å². The lowest BCUT2D eigenvalue weighted by atomic mass is 10.1. The van der Waals surface area contributed by atoms with Crippen molar-refractivity contribution in [3.63, 3.8) is 0 Å². The van der Waals surface area contributed by atoms with Crippen LogP contribution < -0.4 is 14.8 Å². The van der Waals surface area contributed by atoms with Crippen LogP contribution >= 0.6 is 11.6 Å². The summed E-state index contributed by atoms with van der Waals surface area (Å²) in [4.78, 5) is 25.6. The van der Waals surface area contributed by atoms with Gasteiger partial charge in [0.2, 0.25) is 0 Å². The van der Waals surface area contributed by atoms with Crippen LogP contribution in [0.25, 0.3) is 0 Å². The molecule has 0 aliphatic rings. The van der Waals surface area contributed by atoms with E-state index in [0.29, 0.717) is 27.8 Å². The minimum absolute atomic E-state index is 0.132. The first-order valence-electron chi connectivity index (χ1n) is 7.90. The highest BCUT2D eigenvalue weighted by Crippen LogP contribution is 2.27. The first-order chi connectivity index (χ1) is 12.3. The highest BCUT2D eigenvalue weighted by atomic mass is 35.5. The third-order valence-electron chi connectivity index (χ3n) is 3.64. The number of anilines is 1. The van der Waals surface area contributed by atoms with Crippen molar-refractivity contribution >= 4 is 29.1 Å². The van der Waals surface area contributed by atoms with E-state index in [1.165, 1.54) is 12.0 Å². The van der Waals surface area contributed by atoms with Gasteiger partial charge in [-0.25, -0.2) is 0 Å². The molecule has 6 nitrogen and oxygen atoms in total. The van der Waals surface area contributed by atoms with Crippen molar-refractivity contribution in [2.24, 2.45) is 0 Å². The third kappa shape index (κ3) is 4.89. The summed E-state index contributed by atoms with van der Waals surface area (Å²) < 4.78 is 10.6. The van der Waals surface area contributed by atoms with E-state index in [0.717, 1.165) is 5.56 Å². The zero-order valence-electron chi connectivity index (χ0n) is 15.1. The number of methoxy groups -OCH3 is 1. The quantitative estimate of drug-likeness (QED) is 0.839. The average molecular weight is 377 g/mol. The molecule has 2 rings (SSSR count). The number of rotatable bonds is 6. The van der Waals surface area contributed by atoms with Crippen LogP contribution in [0.5, 0.6) is 11.5 Å². The van der Waals surface area contributed by atoms with Gasteiger partial charge in [0.05, 0.1) is 12.1 Å². The second-order valence-corrected chi connectivity index (χ2v) is 6.27. The van der Waals surface area contributed by atoms with Crippen LogP contribution in [0, 0.1) is 6.92 Å². The largest absolute Gasteiger partial charge is 0.495 e. The molecule has 0 atom stereocenters. The Bertz CT molecular complexity index is 821. The zero-order chi connectivity index (χ0) is 19.3. The van der Waals surface area contributed by atoms with E-state index >= 15 is 0 Å². The number of nitrogens with zero attached hydrogens (tertiary/aromatic N) is 1. The lowest BCUT2D eigenvalue weighted by Crippen LogP contribution is -2.22. The molecule has 7 heteroatoms. The molecule has 2 amide bonds. The van der Waals surface area contributed by atoms with Crippen LogP contribution in [-0.4, -0.2) is 44.5 Å². The molecule has 26 heavy (non-hydrogen) atoms. The monoisotopic (exact) mass is 376 g/mol. The van der Waals surface area contributed by atoms with Gasteiger partial charge in [-0.1, -0.05) is 17.7 Å². The Balaban J connectivity index is 2.02. The van der Waals surface area contributed by atoms with Crippen molar-refractivity contribution in [1.82, 2.24) is 4.90 Å². The molecule has 2 aromatic carbocycles. The number of benzene rings is 2. The number of ether oxygens (including phenoxy) is 2. The first kappa shape index (κ1) is 19.6. The van der Waals surface area contributed by atoms with E-state index in [4.69, 9.17) is 21.1 Å². The van der Waals surface area contributed by atoms with Crippen molar-refractivity contribution < 1.29 is 19.1 Å². The van der Waals surface area contributed by atoms with E-state index in [-0.39, 0.29) is 18.4 Å². The van der Waals surface area contributed by atoms with Crippen molar-refractivity contribution in [3.05, 3.63) is 52.5 Å². The summed E-state index contributed by atoms with van der Waals surface area (Å²) >= 11 is 6.04. The van der Waals surface area contributed by atoms with Gasteiger partial charge >= 0.3 is 0 Å². The highest BCUT2D eigenvalue weighted by Gasteiger charge is 2.12. The summed E-state index contributed by atoms with van der Waals surface area (Å²) in [7, 11) is 4.87. The normalized spacial score (nSPS) is 10.2. The van der Waals surface area contributed by atoms with Crippen LogP contribution in [0.15, 0.2) is 36.4 Å². The Hall–Kier alpha value is -2.73. The molecule has 0 saturated carbocycles. The molecule has 0 bridgehead atoms. The standard InChI is InChI=1S/C19H21ClN2O4/c1-12-5-6-13(19(24)22(2)3)9-17(12)26-11-18(23)21-14-7-8-16(25-4)15(20)10-14/h5-10H,11H2,1-4H3,(H,21,23). The van der Waals surface area contributed by atoms with Crippen LogP contribution in [0.1, 0.15) is 15.9 Å². The summed E-state index contributed by atoms with van der Waals surface area (Å²) in [6.07, 6.45) is 0. The van der Waals surface area contributed by atoms with Gasteiger partial charge in [-0.15, -0.1) is 0 Å². The third-order valence-corrected chi connectivity index (χ3v) is 3.93. The maximum absolute atomic E-state index is 12.1.